The Kier molecular flexibility index (Phi) is 5.26. The first-order chi connectivity index (χ1) is 11.6. The van der Waals surface area contributed by atoms with Crippen LogP contribution in [0.2, 0.25) is 5.02 Å². The zero-order valence-corrected chi connectivity index (χ0v) is 14.6. The summed E-state index contributed by atoms with van der Waals surface area (Å²) in [5.74, 6) is -0.0796. The minimum absolute atomic E-state index is 0.0796. The summed E-state index contributed by atoms with van der Waals surface area (Å²) in [4.78, 5) is 14.5. The van der Waals surface area contributed by atoms with Crippen LogP contribution in [-0.4, -0.2) is 25.5 Å². The number of carbonyl (C=O) groups is 1. The maximum atomic E-state index is 12.1. The van der Waals surface area contributed by atoms with Crippen molar-refractivity contribution in [2.75, 3.05) is 35.2 Å². The molecular weight excluding hydrogens is 322 g/mol. The van der Waals surface area contributed by atoms with Gasteiger partial charge in [0.1, 0.15) is 0 Å². The molecule has 0 unspecified atom stereocenters. The van der Waals surface area contributed by atoms with Gasteiger partial charge in [0.15, 0.2) is 0 Å². The molecule has 0 aliphatic carbocycles. The smallest absolute Gasteiger partial charge is 0.243 e. The lowest BCUT2D eigenvalue weighted by molar-refractivity contribution is -0.114. The molecule has 0 radical (unpaired) electrons. The average molecular weight is 344 g/mol. The van der Waals surface area contributed by atoms with Gasteiger partial charge in [-0.1, -0.05) is 11.6 Å². The van der Waals surface area contributed by atoms with Gasteiger partial charge in [-0.15, -0.1) is 0 Å². The van der Waals surface area contributed by atoms with Crippen LogP contribution in [0.25, 0.3) is 0 Å². The van der Waals surface area contributed by atoms with Gasteiger partial charge >= 0.3 is 0 Å². The molecule has 5 heteroatoms. The van der Waals surface area contributed by atoms with Crippen molar-refractivity contribution in [3.8, 4) is 0 Å². The first-order valence-corrected chi connectivity index (χ1v) is 8.64. The molecule has 3 rings (SSSR count). The Balaban J connectivity index is 1.52. The van der Waals surface area contributed by atoms with Crippen LogP contribution < -0.4 is 15.5 Å². The number of halogens is 1. The number of aryl methyl sites for hydroxylation is 1. The Hall–Kier alpha value is -2.20. The van der Waals surface area contributed by atoms with Gasteiger partial charge in [-0.2, -0.15) is 0 Å². The van der Waals surface area contributed by atoms with E-state index in [2.05, 4.69) is 27.7 Å². The number of carbonyl (C=O) groups excluding carboxylic acids is 1. The molecule has 2 aromatic carbocycles. The molecule has 2 N–H and O–H groups in total. The van der Waals surface area contributed by atoms with E-state index in [0.29, 0.717) is 5.02 Å². The minimum Gasteiger partial charge on any atom is -0.376 e. The van der Waals surface area contributed by atoms with E-state index in [0.717, 1.165) is 30.0 Å². The molecule has 0 aromatic heterocycles. The molecule has 4 nitrogen and oxygen atoms in total. The van der Waals surface area contributed by atoms with E-state index in [4.69, 9.17) is 11.6 Å². The third kappa shape index (κ3) is 4.20. The average Bonchev–Trinajstić information content (AvgIpc) is 3.11. The molecule has 1 aliphatic heterocycles. The summed E-state index contributed by atoms with van der Waals surface area (Å²) in [7, 11) is 0. The zero-order valence-electron chi connectivity index (χ0n) is 13.8. The van der Waals surface area contributed by atoms with Gasteiger partial charge < -0.3 is 15.5 Å². The Bertz CT molecular complexity index is 709. The van der Waals surface area contributed by atoms with Crippen molar-refractivity contribution in [1.29, 1.82) is 0 Å². The summed E-state index contributed by atoms with van der Waals surface area (Å²) in [5, 5.41) is 6.72. The number of benzene rings is 2. The van der Waals surface area contributed by atoms with Crippen LogP contribution in [0.5, 0.6) is 0 Å². The number of amides is 1. The Labute approximate surface area is 147 Å². The number of nitrogens with one attached hydrogen (secondary N) is 2. The highest BCUT2D eigenvalue weighted by atomic mass is 35.5. The van der Waals surface area contributed by atoms with Gasteiger partial charge in [-0.05, 0) is 67.8 Å². The lowest BCUT2D eigenvalue weighted by Gasteiger charge is -2.18. The molecule has 24 heavy (non-hydrogen) atoms. The SMILES string of the molecule is Cc1cc(Cl)ccc1NC(=O)CNc1ccc(N2CCCC2)cc1. The molecule has 1 aliphatic rings. The Morgan fingerprint density at radius 3 is 2.50 bits per heavy atom. The number of hydrogen-bond acceptors (Lipinski definition) is 3. The van der Waals surface area contributed by atoms with Gasteiger partial charge in [-0.25, -0.2) is 0 Å². The maximum Gasteiger partial charge on any atom is 0.243 e. The molecule has 0 atom stereocenters. The largest absolute Gasteiger partial charge is 0.376 e. The number of nitrogens with zero attached hydrogens (tertiary/aromatic N) is 1. The van der Waals surface area contributed by atoms with Crippen LogP contribution in [0.3, 0.4) is 0 Å². The minimum atomic E-state index is -0.0796. The number of rotatable bonds is 5. The van der Waals surface area contributed by atoms with E-state index in [-0.39, 0.29) is 12.5 Å². The van der Waals surface area contributed by atoms with Crippen LogP contribution in [0.4, 0.5) is 17.1 Å². The molecule has 1 amide bonds. The highest BCUT2D eigenvalue weighted by molar-refractivity contribution is 6.30. The predicted molar refractivity (Wildman–Crippen MR) is 101 cm³/mol. The van der Waals surface area contributed by atoms with Gasteiger partial charge in [0.2, 0.25) is 5.91 Å². The normalized spacial score (nSPS) is 13.8. The molecule has 2 aromatic rings. The van der Waals surface area contributed by atoms with Crippen molar-refractivity contribution < 1.29 is 4.79 Å². The highest BCUT2D eigenvalue weighted by Crippen LogP contribution is 2.22. The van der Waals surface area contributed by atoms with E-state index in [9.17, 15) is 4.79 Å². The van der Waals surface area contributed by atoms with Gasteiger partial charge in [0.05, 0.1) is 6.54 Å². The molecular formula is C19H22ClN3O. The Morgan fingerprint density at radius 1 is 1.12 bits per heavy atom. The van der Waals surface area contributed by atoms with Crippen LogP contribution >= 0.6 is 11.6 Å². The first kappa shape index (κ1) is 16.7. The Morgan fingerprint density at radius 2 is 1.83 bits per heavy atom. The molecule has 126 valence electrons. The van der Waals surface area contributed by atoms with Crippen molar-refractivity contribution in [2.45, 2.75) is 19.8 Å². The second-order valence-electron chi connectivity index (χ2n) is 6.10. The topological polar surface area (TPSA) is 44.4 Å². The molecule has 1 saturated heterocycles. The van der Waals surface area contributed by atoms with E-state index < -0.39 is 0 Å². The van der Waals surface area contributed by atoms with Crippen molar-refractivity contribution in [3.63, 3.8) is 0 Å². The fourth-order valence-corrected chi connectivity index (χ4v) is 3.14. The summed E-state index contributed by atoms with van der Waals surface area (Å²) in [6, 6.07) is 13.7. The summed E-state index contributed by atoms with van der Waals surface area (Å²) < 4.78 is 0. The first-order valence-electron chi connectivity index (χ1n) is 8.27. The third-order valence-corrected chi connectivity index (χ3v) is 4.49. The van der Waals surface area contributed by atoms with Crippen LogP contribution in [0.15, 0.2) is 42.5 Å². The standard InChI is InChI=1S/C19H22ClN3O/c1-14-12-15(20)4-9-18(14)22-19(24)13-21-16-5-7-17(8-6-16)23-10-2-3-11-23/h4-9,12,21H,2-3,10-11,13H2,1H3,(H,22,24). The van der Waals surface area contributed by atoms with Crippen LogP contribution in [-0.2, 0) is 4.79 Å². The highest BCUT2D eigenvalue weighted by Gasteiger charge is 2.12. The van der Waals surface area contributed by atoms with E-state index in [1.807, 2.05) is 31.2 Å². The number of anilines is 3. The molecule has 1 fully saturated rings. The fourth-order valence-electron chi connectivity index (χ4n) is 2.91. The molecule has 0 bridgehead atoms. The van der Waals surface area contributed by atoms with Crippen LogP contribution in [0.1, 0.15) is 18.4 Å². The molecule has 1 heterocycles. The zero-order chi connectivity index (χ0) is 16.9. The summed E-state index contributed by atoms with van der Waals surface area (Å²) in [6.45, 7) is 4.42. The van der Waals surface area contributed by atoms with E-state index in [1.54, 1.807) is 6.07 Å². The monoisotopic (exact) mass is 343 g/mol. The lowest BCUT2D eigenvalue weighted by atomic mass is 10.2. The van der Waals surface area contributed by atoms with Gasteiger partial charge in [-0.3, -0.25) is 4.79 Å². The summed E-state index contributed by atoms with van der Waals surface area (Å²) in [6.07, 6.45) is 2.54. The fraction of sp³-hybridized carbons (Fsp3) is 0.316. The van der Waals surface area contributed by atoms with E-state index >= 15 is 0 Å². The second-order valence-corrected chi connectivity index (χ2v) is 6.54. The van der Waals surface area contributed by atoms with E-state index in [1.165, 1.54) is 18.5 Å². The van der Waals surface area contributed by atoms with Crippen molar-refractivity contribution in [1.82, 2.24) is 0 Å². The third-order valence-electron chi connectivity index (χ3n) is 4.25. The summed E-state index contributed by atoms with van der Waals surface area (Å²) in [5.41, 5.74) is 3.93. The summed E-state index contributed by atoms with van der Waals surface area (Å²) >= 11 is 5.93. The molecule has 0 spiro atoms. The number of hydrogen-bond donors (Lipinski definition) is 2. The maximum absolute atomic E-state index is 12.1. The van der Waals surface area contributed by atoms with Gasteiger partial charge in [0, 0.05) is 35.2 Å². The molecule has 0 saturated carbocycles. The van der Waals surface area contributed by atoms with Gasteiger partial charge in [0.25, 0.3) is 0 Å². The predicted octanol–water partition coefficient (Wildman–Crippen LogP) is 4.30. The second kappa shape index (κ2) is 7.58. The van der Waals surface area contributed by atoms with Crippen molar-refractivity contribution >= 4 is 34.6 Å². The van der Waals surface area contributed by atoms with Crippen molar-refractivity contribution in [2.24, 2.45) is 0 Å². The van der Waals surface area contributed by atoms with Crippen molar-refractivity contribution in [3.05, 3.63) is 53.1 Å². The van der Waals surface area contributed by atoms with Crippen LogP contribution in [0, 0.1) is 6.92 Å². The lowest BCUT2D eigenvalue weighted by Crippen LogP contribution is -2.22. The quantitative estimate of drug-likeness (QED) is 0.850.